The molecule has 0 unspecified atom stereocenters. The Bertz CT molecular complexity index is 831. The molecule has 1 heterocycles. The zero-order chi connectivity index (χ0) is 24.4. The lowest BCUT2D eigenvalue weighted by Gasteiger charge is -2.23. The standard InChI is InChI=1S/C23H33BrClN3O5/c1-23(2,3)33-22(31)26-10-9-21(30)28-12-5-11-27(13-14-28)20(29)6-4-15-32-19-8-7-17(24)16-18(19)25/h7-8,16H,4-6,9-15H2,1-3H3,(H,26,31). The van der Waals surface area contributed by atoms with Crippen LogP contribution in [0.4, 0.5) is 4.79 Å². The predicted molar refractivity (Wildman–Crippen MR) is 131 cm³/mol. The van der Waals surface area contributed by atoms with Gasteiger partial charge in [0.1, 0.15) is 11.4 Å². The van der Waals surface area contributed by atoms with Gasteiger partial charge in [0.05, 0.1) is 11.6 Å². The number of carbonyl (C=O) groups is 3. The molecule has 0 aromatic heterocycles. The van der Waals surface area contributed by atoms with Gasteiger partial charge < -0.3 is 24.6 Å². The zero-order valence-electron chi connectivity index (χ0n) is 19.5. The number of hydrogen-bond acceptors (Lipinski definition) is 5. The molecule has 1 fully saturated rings. The highest BCUT2D eigenvalue weighted by Crippen LogP contribution is 2.27. The topological polar surface area (TPSA) is 88.2 Å². The number of hydrogen-bond donors (Lipinski definition) is 1. The Labute approximate surface area is 209 Å². The molecular weight excluding hydrogens is 514 g/mol. The van der Waals surface area contributed by atoms with Gasteiger partial charge in [-0.3, -0.25) is 9.59 Å². The van der Waals surface area contributed by atoms with Crippen LogP contribution >= 0.6 is 27.5 Å². The Kier molecular flexibility index (Phi) is 10.8. The van der Waals surface area contributed by atoms with Gasteiger partial charge in [0.2, 0.25) is 11.8 Å². The van der Waals surface area contributed by atoms with Gasteiger partial charge in [0.25, 0.3) is 0 Å². The lowest BCUT2D eigenvalue weighted by atomic mass is 10.2. The number of carbonyl (C=O) groups excluding carboxylic acids is 3. The number of rotatable bonds is 8. The summed E-state index contributed by atoms with van der Waals surface area (Å²) in [5.41, 5.74) is -0.576. The summed E-state index contributed by atoms with van der Waals surface area (Å²) in [5, 5.41) is 3.13. The maximum Gasteiger partial charge on any atom is 0.407 e. The van der Waals surface area contributed by atoms with Crippen molar-refractivity contribution in [3.05, 3.63) is 27.7 Å². The van der Waals surface area contributed by atoms with Gasteiger partial charge in [-0.1, -0.05) is 27.5 Å². The summed E-state index contributed by atoms with van der Waals surface area (Å²) in [6, 6.07) is 5.40. The average molecular weight is 547 g/mol. The van der Waals surface area contributed by atoms with Crippen molar-refractivity contribution in [3.63, 3.8) is 0 Å². The molecule has 2 rings (SSSR count). The van der Waals surface area contributed by atoms with Gasteiger partial charge in [-0.15, -0.1) is 0 Å². The van der Waals surface area contributed by atoms with Crippen LogP contribution in [0.5, 0.6) is 5.75 Å². The van der Waals surface area contributed by atoms with E-state index < -0.39 is 11.7 Å². The third kappa shape index (κ3) is 10.2. The van der Waals surface area contributed by atoms with Crippen molar-refractivity contribution in [3.8, 4) is 5.75 Å². The van der Waals surface area contributed by atoms with Crippen molar-refractivity contribution in [1.82, 2.24) is 15.1 Å². The minimum Gasteiger partial charge on any atom is -0.492 e. The Hall–Kier alpha value is -2.00. The average Bonchev–Trinajstić information content (AvgIpc) is 2.97. The molecule has 0 saturated carbocycles. The van der Waals surface area contributed by atoms with Gasteiger partial charge in [-0.25, -0.2) is 4.79 Å². The minimum absolute atomic E-state index is 0.0415. The molecule has 0 radical (unpaired) electrons. The van der Waals surface area contributed by atoms with Gasteiger partial charge in [0.15, 0.2) is 0 Å². The summed E-state index contributed by atoms with van der Waals surface area (Å²) >= 11 is 9.48. The molecule has 33 heavy (non-hydrogen) atoms. The minimum atomic E-state index is -0.576. The first-order valence-electron chi connectivity index (χ1n) is 11.2. The fourth-order valence-electron chi connectivity index (χ4n) is 3.32. The molecule has 0 atom stereocenters. The van der Waals surface area contributed by atoms with E-state index in [9.17, 15) is 14.4 Å². The van der Waals surface area contributed by atoms with Crippen LogP contribution in [-0.2, 0) is 14.3 Å². The van der Waals surface area contributed by atoms with E-state index in [2.05, 4.69) is 21.2 Å². The molecular formula is C23H33BrClN3O5. The number of nitrogens with zero attached hydrogens (tertiary/aromatic N) is 2. The van der Waals surface area contributed by atoms with Crippen molar-refractivity contribution < 1.29 is 23.9 Å². The van der Waals surface area contributed by atoms with Crippen LogP contribution < -0.4 is 10.1 Å². The van der Waals surface area contributed by atoms with Crippen LogP contribution in [-0.4, -0.2) is 72.6 Å². The van der Waals surface area contributed by atoms with E-state index in [1.165, 1.54) is 0 Å². The van der Waals surface area contributed by atoms with Gasteiger partial charge in [-0.2, -0.15) is 0 Å². The van der Waals surface area contributed by atoms with Gasteiger partial charge in [0, 0.05) is 50.0 Å². The van der Waals surface area contributed by atoms with Crippen LogP contribution in [0.1, 0.15) is 46.5 Å². The molecule has 184 valence electrons. The first-order valence-corrected chi connectivity index (χ1v) is 12.3. The maximum absolute atomic E-state index is 12.6. The normalized spacial score (nSPS) is 14.5. The molecule has 0 bridgehead atoms. The molecule has 10 heteroatoms. The summed E-state index contributed by atoms with van der Waals surface area (Å²) in [4.78, 5) is 40.3. The number of halogens is 2. The van der Waals surface area contributed by atoms with Crippen LogP contribution in [0.3, 0.4) is 0 Å². The first-order chi connectivity index (χ1) is 15.5. The molecule has 1 aliphatic heterocycles. The SMILES string of the molecule is CC(C)(C)OC(=O)NCCC(=O)N1CCCN(C(=O)CCCOc2ccc(Br)cc2Cl)CC1. The van der Waals surface area contributed by atoms with E-state index in [1.807, 2.05) is 6.07 Å². The highest BCUT2D eigenvalue weighted by molar-refractivity contribution is 9.10. The predicted octanol–water partition coefficient (Wildman–Crippen LogP) is 4.24. The highest BCUT2D eigenvalue weighted by Gasteiger charge is 2.22. The van der Waals surface area contributed by atoms with Crippen LogP contribution in [0, 0.1) is 0 Å². The Balaban J connectivity index is 1.67. The second-order valence-corrected chi connectivity index (χ2v) is 10.1. The monoisotopic (exact) mass is 545 g/mol. The zero-order valence-corrected chi connectivity index (χ0v) is 21.8. The summed E-state index contributed by atoms with van der Waals surface area (Å²) < 4.78 is 11.7. The summed E-state index contributed by atoms with van der Waals surface area (Å²) in [6.07, 6.45) is 1.35. The van der Waals surface area contributed by atoms with Crippen LogP contribution in [0.2, 0.25) is 5.02 Å². The number of ether oxygens (including phenoxy) is 2. The van der Waals surface area contributed by atoms with Gasteiger partial charge >= 0.3 is 6.09 Å². The molecule has 3 amide bonds. The summed E-state index contributed by atoms with van der Waals surface area (Å²) in [5.74, 6) is 0.610. The number of amides is 3. The van der Waals surface area contributed by atoms with E-state index in [0.717, 1.165) is 10.9 Å². The van der Waals surface area contributed by atoms with Crippen molar-refractivity contribution in [2.24, 2.45) is 0 Å². The van der Waals surface area contributed by atoms with Crippen molar-refractivity contribution in [1.29, 1.82) is 0 Å². The fourth-order valence-corrected chi connectivity index (χ4v) is 4.04. The van der Waals surface area contributed by atoms with E-state index in [1.54, 1.807) is 42.7 Å². The van der Waals surface area contributed by atoms with E-state index in [-0.39, 0.29) is 24.8 Å². The summed E-state index contributed by atoms with van der Waals surface area (Å²) in [6.45, 7) is 8.18. The van der Waals surface area contributed by atoms with Gasteiger partial charge in [-0.05, 0) is 51.8 Å². The molecule has 8 nitrogen and oxygen atoms in total. The van der Waals surface area contributed by atoms with E-state index in [0.29, 0.717) is 56.4 Å². The summed E-state index contributed by atoms with van der Waals surface area (Å²) in [7, 11) is 0. The molecule has 0 aliphatic carbocycles. The third-order valence-electron chi connectivity index (χ3n) is 4.89. The highest BCUT2D eigenvalue weighted by atomic mass is 79.9. The van der Waals surface area contributed by atoms with Crippen LogP contribution in [0.15, 0.2) is 22.7 Å². The fraction of sp³-hybridized carbons (Fsp3) is 0.609. The number of nitrogens with one attached hydrogen (secondary N) is 1. The molecule has 0 spiro atoms. The Morgan fingerprint density at radius 1 is 1.06 bits per heavy atom. The molecule has 1 aliphatic rings. The molecule has 1 aromatic rings. The number of alkyl carbamates (subject to hydrolysis) is 1. The first kappa shape index (κ1) is 27.2. The van der Waals surface area contributed by atoms with Crippen molar-refractivity contribution >= 4 is 45.4 Å². The quantitative estimate of drug-likeness (QED) is 0.493. The Morgan fingerprint density at radius 2 is 1.70 bits per heavy atom. The lowest BCUT2D eigenvalue weighted by Crippen LogP contribution is -2.39. The Morgan fingerprint density at radius 3 is 2.30 bits per heavy atom. The molecule has 1 aromatic carbocycles. The molecule has 1 saturated heterocycles. The third-order valence-corrected chi connectivity index (χ3v) is 5.68. The van der Waals surface area contributed by atoms with Crippen LogP contribution in [0.25, 0.3) is 0 Å². The van der Waals surface area contributed by atoms with Crippen molar-refractivity contribution in [2.75, 3.05) is 39.3 Å². The van der Waals surface area contributed by atoms with E-state index >= 15 is 0 Å². The second kappa shape index (κ2) is 13.0. The van der Waals surface area contributed by atoms with E-state index in [4.69, 9.17) is 21.1 Å². The largest absolute Gasteiger partial charge is 0.492 e. The number of benzene rings is 1. The smallest absolute Gasteiger partial charge is 0.407 e. The second-order valence-electron chi connectivity index (χ2n) is 8.82. The lowest BCUT2D eigenvalue weighted by molar-refractivity contribution is -0.133. The maximum atomic E-state index is 12.6. The van der Waals surface area contributed by atoms with Crippen molar-refractivity contribution in [2.45, 2.75) is 52.1 Å². The molecule has 1 N–H and O–H groups in total.